The number of ether oxygens (including phenoxy) is 2. The zero-order valence-corrected chi connectivity index (χ0v) is 18.4. The van der Waals surface area contributed by atoms with Gasteiger partial charge in [0, 0.05) is 42.1 Å². The minimum absolute atomic E-state index is 0.0866. The Bertz CT molecular complexity index is 1480. The third-order valence-electron chi connectivity index (χ3n) is 6.16. The van der Waals surface area contributed by atoms with Gasteiger partial charge >= 0.3 is 6.03 Å². The van der Waals surface area contributed by atoms with Crippen molar-refractivity contribution in [3.05, 3.63) is 82.9 Å². The number of rotatable bonds is 4. The van der Waals surface area contributed by atoms with Crippen LogP contribution in [-0.4, -0.2) is 23.0 Å². The second kappa shape index (κ2) is 8.29. The minimum atomic E-state index is -1.40. The molecular formula is C25H17F3N4O4. The summed E-state index contributed by atoms with van der Waals surface area (Å²) in [6.45, 7) is 0. The van der Waals surface area contributed by atoms with Crippen molar-refractivity contribution in [3.63, 3.8) is 0 Å². The number of anilines is 2. The Hall–Kier alpha value is -4.54. The maximum atomic E-state index is 13.8. The quantitative estimate of drug-likeness (QED) is 0.455. The molecule has 2 atom stereocenters. The number of halogens is 3. The first kappa shape index (κ1) is 22.0. The van der Waals surface area contributed by atoms with Crippen molar-refractivity contribution in [2.45, 2.75) is 24.9 Å². The van der Waals surface area contributed by atoms with Gasteiger partial charge in [0.1, 0.15) is 35.0 Å². The maximum absolute atomic E-state index is 13.8. The number of benzene rings is 2. The Labute approximate surface area is 202 Å². The van der Waals surface area contributed by atoms with E-state index in [9.17, 15) is 22.8 Å². The summed E-state index contributed by atoms with van der Waals surface area (Å²) in [7, 11) is 0. The molecule has 8 nitrogen and oxygen atoms in total. The summed E-state index contributed by atoms with van der Waals surface area (Å²) in [5, 5.41) is 7.26. The van der Waals surface area contributed by atoms with E-state index < -0.39 is 29.2 Å². The third kappa shape index (κ3) is 3.88. The summed E-state index contributed by atoms with van der Waals surface area (Å²) in [6.07, 6.45) is 3.61. The van der Waals surface area contributed by atoms with Crippen molar-refractivity contribution in [1.29, 1.82) is 0 Å². The van der Waals surface area contributed by atoms with Crippen molar-refractivity contribution < 1.29 is 32.2 Å². The molecule has 0 saturated heterocycles. The average Bonchev–Trinajstić information content (AvgIpc) is 3.40. The smallest absolute Gasteiger partial charge is 0.323 e. The number of nitrogens with one attached hydrogen (secondary N) is 3. The van der Waals surface area contributed by atoms with Crippen LogP contribution in [0.2, 0.25) is 0 Å². The summed E-state index contributed by atoms with van der Waals surface area (Å²) < 4.78 is 52.4. The summed E-state index contributed by atoms with van der Waals surface area (Å²) >= 11 is 0. The lowest BCUT2D eigenvalue weighted by molar-refractivity contribution is -0.116. The lowest BCUT2D eigenvalue weighted by atomic mass is 10.1. The highest BCUT2D eigenvalue weighted by molar-refractivity contribution is 5.93. The fourth-order valence-corrected chi connectivity index (χ4v) is 4.42. The number of urea groups is 1. The van der Waals surface area contributed by atoms with Crippen LogP contribution in [0.5, 0.6) is 17.2 Å². The molecule has 3 aromatic rings. The zero-order valence-electron chi connectivity index (χ0n) is 18.4. The number of nitrogens with zero attached hydrogens (tertiary/aromatic N) is 1. The molecule has 3 N–H and O–H groups in total. The molecule has 2 aliphatic heterocycles. The Morgan fingerprint density at radius 2 is 2.03 bits per heavy atom. The van der Waals surface area contributed by atoms with Gasteiger partial charge in [-0.05, 0) is 36.3 Å². The molecule has 1 aromatic heterocycles. The molecule has 3 heterocycles. The fourth-order valence-electron chi connectivity index (χ4n) is 4.42. The van der Waals surface area contributed by atoms with E-state index in [4.69, 9.17) is 9.47 Å². The minimum Gasteiger partial charge on any atom is -0.485 e. The van der Waals surface area contributed by atoms with Crippen LogP contribution in [0.25, 0.3) is 0 Å². The van der Waals surface area contributed by atoms with Crippen LogP contribution in [0, 0.1) is 17.5 Å². The van der Waals surface area contributed by atoms with Gasteiger partial charge in [-0.15, -0.1) is 0 Å². The molecule has 11 heteroatoms. The fraction of sp³-hybridized carbons (Fsp3) is 0.160. The maximum Gasteiger partial charge on any atom is 0.323 e. The summed E-state index contributed by atoms with van der Waals surface area (Å²) in [5.74, 6) is -1.60. The van der Waals surface area contributed by atoms with Crippen LogP contribution in [0.15, 0.2) is 54.4 Å². The number of fused-ring (bicyclic) bond motifs is 4. The van der Waals surface area contributed by atoms with Crippen molar-refractivity contribution in [1.82, 2.24) is 10.3 Å². The Kier molecular flexibility index (Phi) is 5.06. The van der Waals surface area contributed by atoms with Crippen LogP contribution in [0.1, 0.15) is 23.5 Å². The molecule has 1 aliphatic carbocycles. The summed E-state index contributed by atoms with van der Waals surface area (Å²) in [5.41, 5.74) is 1.87. The topological polar surface area (TPSA) is 102 Å². The third-order valence-corrected chi connectivity index (χ3v) is 6.16. The molecule has 1 saturated carbocycles. The molecule has 2 aromatic carbocycles. The lowest BCUT2D eigenvalue weighted by Gasteiger charge is -2.19. The van der Waals surface area contributed by atoms with Crippen molar-refractivity contribution in [2.24, 2.45) is 0 Å². The standard InChI is InChI=1S/C25H17F3N4O4/c26-11-7-16(27)22(28)17(8-11)31-25(34)30-10-15-21-14-9-12(1-3-18(14)36-23(15)21)35-19-5-6-29-24-13(19)2-4-20(33)32-24/h1,3,5-10,21,23H,2,4H2,(H,29,32,33)(H2,30,31,34)/b15-10+/t21-,23+/m0/s1. The van der Waals surface area contributed by atoms with E-state index >= 15 is 0 Å². The summed E-state index contributed by atoms with van der Waals surface area (Å²) in [4.78, 5) is 27.9. The van der Waals surface area contributed by atoms with E-state index in [2.05, 4.69) is 20.9 Å². The van der Waals surface area contributed by atoms with Crippen LogP contribution in [-0.2, 0) is 11.2 Å². The summed E-state index contributed by atoms with van der Waals surface area (Å²) in [6, 6.07) is 7.38. The van der Waals surface area contributed by atoms with Gasteiger partial charge in [0.15, 0.2) is 11.6 Å². The molecule has 0 spiro atoms. The molecule has 0 bridgehead atoms. The molecular weight excluding hydrogens is 477 g/mol. The molecule has 0 radical (unpaired) electrons. The predicted octanol–water partition coefficient (Wildman–Crippen LogP) is 4.74. The van der Waals surface area contributed by atoms with Crippen molar-refractivity contribution >= 4 is 23.4 Å². The SMILES string of the molecule is O=C1CCc2c(Oc3ccc4c(c3)[C@H]3/C(=C\NC(=O)Nc5cc(F)cc(F)c5F)[C@H]3O4)ccnc2N1. The van der Waals surface area contributed by atoms with Crippen molar-refractivity contribution in [2.75, 3.05) is 10.6 Å². The van der Waals surface area contributed by atoms with E-state index in [1.54, 1.807) is 24.4 Å². The van der Waals surface area contributed by atoms with E-state index in [-0.39, 0.29) is 17.9 Å². The Balaban J connectivity index is 1.15. The molecule has 6 rings (SSSR count). The first-order valence-electron chi connectivity index (χ1n) is 11.1. The van der Waals surface area contributed by atoms with Gasteiger partial charge in [-0.1, -0.05) is 0 Å². The molecule has 36 heavy (non-hydrogen) atoms. The highest BCUT2D eigenvalue weighted by Crippen LogP contribution is 2.58. The molecule has 1 fully saturated rings. The molecule has 3 aliphatic rings. The second-order valence-electron chi connectivity index (χ2n) is 8.49. The Morgan fingerprint density at radius 1 is 1.17 bits per heavy atom. The lowest BCUT2D eigenvalue weighted by Crippen LogP contribution is -2.25. The number of amides is 3. The normalized spacial score (nSPS) is 20.0. The molecule has 182 valence electrons. The predicted molar refractivity (Wildman–Crippen MR) is 121 cm³/mol. The van der Waals surface area contributed by atoms with E-state index in [1.165, 1.54) is 6.20 Å². The van der Waals surface area contributed by atoms with E-state index in [1.807, 2.05) is 6.07 Å². The van der Waals surface area contributed by atoms with Gasteiger partial charge in [0.25, 0.3) is 0 Å². The highest BCUT2D eigenvalue weighted by Gasteiger charge is 2.54. The molecule has 0 unspecified atom stereocenters. The largest absolute Gasteiger partial charge is 0.485 e. The first-order valence-corrected chi connectivity index (χ1v) is 11.1. The first-order chi connectivity index (χ1) is 17.4. The van der Waals surface area contributed by atoms with E-state index in [0.29, 0.717) is 48.0 Å². The Morgan fingerprint density at radius 3 is 2.89 bits per heavy atom. The van der Waals surface area contributed by atoms with Gasteiger partial charge in [0.2, 0.25) is 5.91 Å². The number of carbonyl (C=O) groups is 2. The van der Waals surface area contributed by atoms with E-state index in [0.717, 1.165) is 16.7 Å². The number of carbonyl (C=O) groups excluding carboxylic acids is 2. The monoisotopic (exact) mass is 494 g/mol. The number of hydrogen-bond donors (Lipinski definition) is 3. The highest BCUT2D eigenvalue weighted by atomic mass is 19.2. The number of pyridine rings is 1. The number of hydrogen-bond acceptors (Lipinski definition) is 5. The number of aromatic nitrogens is 1. The van der Waals surface area contributed by atoms with Gasteiger partial charge in [-0.25, -0.2) is 22.9 Å². The second-order valence-corrected chi connectivity index (χ2v) is 8.49. The van der Waals surface area contributed by atoms with Gasteiger partial charge in [0.05, 0.1) is 11.6 Å². The average molecular weight is 494 g/mol. The van der Waals surface area contributed by atoms with Crippen LogP contribution in [0.4, 0.5) is 29.5 Å². The van der Waals surface area contributed by atoms with Gasteiger partial charge < -0.3 is 25.4 Å². The van der Waals surface area contributed by atoms with Crippen LogP contribution >= 0.6 is 0 Å². The van der Waals surface area contributed by atoms with Crippen LogP contribution in [0.3, 0.4) is 0 Å². The van der Waals surface area contributed by atoms with Crippen LogP contribution < -0.4 is 25.4 Å². The molecule has 3 amide bonds. The van der Waals surface area contributed by atoms with Crippen molar-refractivity contribution in [3.8, 4) is 17.2 Å². The van der Waals surface area contributed by atoms with Gasteiger partial charge in [-0.2, -0.15) is 0 Å². The van der Waals surface area contributed by atoms with Gasteiger partial charge in [-0.3, -0.25) is 4.79 Å². The zero-order chi connectivity index (χ0) is 25.0.